The molecule has 1 aromatic carbocycles. The van der Waals surface area contributed by atoms with E-state index in [4.69, 9.17) is 4.74 Å². The highest BCUT2D eigenvalue weighted by molar-refractivity contribution is 5.93. The monoisotopic (exact) mass is 238 g/mol. The van der Waals surface area contributed by atoms with Crippen molar-refractivity contribution in [1.29, 1.82) is 0 Å². The number of rotatable bonds is 3. The Balaban J connectivity index is 2.05. The number of benzene rings is 1. The molecule has 92 valence electrons. The third-order valence-corrected chi connectivity index (χ3v) is 2.85. The standard InChI is InChI=1S/C12H15FN2O2/c1-17-11-6-9(2-3-10(11)13)15-12(16)8-4-5-14-7-8/h2-3,6,8,14H,4-5,7H2,1H3,(H,15,16). The molecule has 2 rings (SSSR count). The van der Waals surface area contributed by atoms with Crippen LogP contribution in [0.2, 0.25) is 0 Å². The third-order valence-electron chi connectivity index (χ3n) is 2.85. The SMILES string of the molecule is COc1cc(NC(=O)C2CCNC2)ccc1F. The van der Waals surface area contributed by atoms with Crippen LogP contribution < -0.4 is 15.4 Å². The number of hydrogen-bond acceptors (Lipinski definition) is 3. The maximum Gasteiger partial charge on any atom is 0.228 e. The molecule has 0 saturated carbocycles. The fourth-order valence-corrected chi connectivity index (χ4v) is 1.86. The highest BCUT2D eigenvalue weighted by Crippen LogP contribution is 2.22. The van der Waals surface area contributed by atoms with Crippen LogP contribution in [0.5, 0.6) is 5.75 Å². The molecule has 1 aliphatic heterocycles. The van der Waals surface area contributed by atoms with Gasteiger partial charge in [0.25, 0.3) is 0 Å². The summed E-state index contributed by atoms with van der Waals surface area (Å²) < 4.78 is 18.0. The van der Waals surface area contributed by atoms with Gasteiger partial charge in [-0.1, -0.05) is 0 Å². The Kier molecular flexibility index (Phi) is 3.58. The van der Waals surface area contributed by atoms with Gasteiger partial charge in [-0.25, -0.2) is 4.39 Å². The number of amides is 1. The molecule has 2 N–H and O–H groups in total. The van der Waals surface area contributed by atoms with Gasteiger partial charge in [0.2, 0.25) is 5.91 Å². The molecule has 0 aromatic heterocycles. The Hall–Kier alpha value is -1.62. The second kappa shape index (κ2) is 5.14. The molecule has 0 aliphatic carbocycles. The number of nitrogens with one attached hydrogen (secondary N) is 2. The molecule has 1 aliphatic rings. The summed E-state index contributed by atoms with van der Waals surface area (Å²) in [7, 11) is 1.39. The molecule has 1 saturated heterocycles. The van der Waals surface area contributed by atoms with Crippen LogP contribution >= 0.6 is 0 Å². The number of carbonyl (C=O) groups is 1. The largest absolute Gasteiger partial charge is 0.494 e. The molecular weight excluding hydrogens is 223 g/mol. The first-order valence-electron chi connectivity index (χ1n) is 5.56. The van der Waals surface area contributed by atoms with Crippen molar-refractivity contribution in [2.45, 2.75) is 6.42 Å². The summed E-state index contributed by atoms with van der Waals surface area (Å²) in [5, 5.41) is 5.89. The molecule has 5 heteroatoms. The van der Waals surface area contributed by atoms with E-state index in [1.165, 1.54) is 25.3 Å². The molecule has 1 aromatic rings. The van der Waals surface area contributed by atoms with Gasteiger partial charge in [-0.2, -0.15) is 0 Å². The third kappa shape index (κ3) is 2.74. The summed E-state index contributed by atoms with van der Waals surface area (Å²) in [6.07, 6.45) is 0.837. The quantitative estimate of drug-likeness (QED) is 0.836. The molecule has 4 nitrogen and oxygen atoms in total. The van der Waals surface area contributed by atoms with Gasteiger partial charge in [0.15, 0.2) is 11.6 Å². The fraction of sp³-hybridized carbons (Fsp3) is 0.417. The molecule has 1 amide bonds. The summed E-state index contributed by atoms with van der Waals surface area (Å²) in [6.45, 7) is 1.56. The minimum absolute atomic E-state index is 0.00829. The van der Waals surface area contributed by atoms with Crippen LogP contribution in [-0.2, 0) is 4.79 Å². The first-order chi connectivity index (χ1) is 8.20. The van der Waals surface area contributed by atoms with Crippen LogP contribution in [0.4, 0.5) is 10.1 Å². The molecule has 0 bridgehead atoms. The Morgan fingerprint density at radius 3 is 3.06 bits per heavy atom. The maximum absolute atomic E-state index is 13.2. The van der Waals surface area contributed by atoms with E-state index >= 15 is 0 Å². The average molecular weight is 238 g/mol. The van der Waals surface area contributed by atoms with E-state index in [0.29, 0.717) is 12.2 Å². The van der Waals surface area contributed by atoms with Crippen molar-refractivity contribution in [1.82, 2.24) is 5.32 Å². The van der Waals surface area contributed by atoms with Gasteiger partial charge in [-0.05, 0) is 25.1 Å². The number of carbonyl (C=O) groups excluding carboxylic acids is 1. The van der Waals surface area contributed by atoms with Crippen LogP contribution in [0.1, 0.15) is 6.42 Å². The number of anilines is 1. The Morgan fingerprint density at radius 1 is 1.59 bits per heavy atom. The number of hydrogen-bond donors (Lipinski definition) is 2. The molecule has 1 heterocycles. The zero-order valence-corrected chi connectivity index (χ0v) is 9.63. The summed E-state index contributed by atoms with van der Waals surface area (Å²) >= 11 is 0. The van der Waals surface area contributed by atoms with Gasteiger partial charge in [0, 0.05) is 18.3 Å². The lowest BCUT2D eigenvalue weighted by molar-refractivity contribution is -0.119. The lowest BCUT2D eigenvalue weighted by atomic mass is 10.1. The Morgan fingerprint density at radius 2 is 2.41 bits per heavy atom. The van der Waals surface area contributed by atoms with E-state index in [9.17, 15) is 9.18 Å². The highest BCUT2D eigenvalue weighted by Gasteiger charge is 2.22. The first kappa shape index (κ1) is 11.9. The van der Waals surface area contributed by atoms with Crippen LogP contribution in [0, 0.1) is 11.7 Å². The molecule has 0 radical (unpaired) electrons. The first-order valence-corrected chi connectivity index (χ1v) is 5.56. The fourth-order valence-electron chi connectivity index (χ4n) is 1.86. The molecule has 1 fully saturated rings. The lowest BCUT2D eigenvalue weighted by Crippen LogP contribution is -2.24. The minimum Gasteiger partial charge on any atom is -0.494 e. The Bertz CT molecular complexity index is 417. The van der Waals surface area contributed by atoms with Gasteiger partial charge in [-0.3, -0.25) is 4.79 Å². The van der Waals surface area contributed by atoms with E-state index in [-0.39, 0.29) is 17.6 Å². The normalized spacial score (nSPS) is 19.1. The predicted molar refractivity (Wildman–Crippen MR) is 62.6 cm³/mol. The zero-order valence-electron chi connectivity index (χ0n) is 9.63. The molecule has 0 spiro atoms. The van der Waals surface area contributed by atoms with Gasteiger partial charge < -0.3 is 15.4 Å². The predicted octanol–water partition coefficient (Wildman–Crippen LogP) is 1.38. The topological polar surface area (TPSA) is 50.4 Å². The molecule has 17 heavy (non-hydrogen) atoms. The maximum atomic E-state index is 13.2. The van der Waals surface area contributed by atoms with Crippen molar-refractivity contribution in [2.24, 2.45) is 5.92 Å². The lowest BCUT2D eigenvalue weighted by Gasteiger charge is -2.11. The van der Waals surface area contributed by atoms with Crippen molar-refractivity contribution in [2.75, 3.05) is 25.5 Å². The Labute approximate surface area is 99.2 Å². The average Bonchev–Trinajstić information content (AvgIpc) is 2.85. The van der Waals surface area contributed by atoms with Crippen LogP contribution in [0.3, 0.4) is 0 Å². The second-order valence-corrected chi connectivity index (χ2v) is 4.03. The van der Waals surface area contributed by atoms with E-state index in [0.717, 1.165) is 13.0 Å². The van der Waals surface area contributed by atoms with Crippen molar-refractivity contribution < 1.29 is 13.9 Å². The van der Waals surface area contributed by atoms with Crippen LogP contribution in [-0.4, -0.2) is 26.1 Å². The molecular formula is C12H15FN2O2. The second-order valence-electron chi connectivity index (χ2n) is 4.03. The minimum atomic E-state index is -0.437. The highest BCUT2D eigenvalue weighted by atomic mass is 19.1. The van der Waals surface area contributed by atoms with Gasteiger partial charge in [0.1, 0.15) is 0 Å². The number of ether oxygens (including phenoxy) is 1. The van der Waals surface area contributed by atoms with Crippen LogP contribution in [0.25, 0.3) is 0 Å². The van der Waals surface area contributed by atoms with Crippen molar-refractivity contribution >= 4 is 11.6 Å². The smallest absolute Gasteiger partial charge is 0.228 e. The van der Waals surface area contributed by atoms with Crippen molar-refractivity contribution in [3.05, 3.63) is 24.0 Å². The van der Waals surface area contributed by atoms with Crippen LogP contribution in [0.15, 0.2) is 18.2 Å². The summed E-state index contributed by atoms with van der Waals surface area (Å²) in [5.41, 5.74) is 0.556. The summed E-state index contributed by atoms with van der Waals surface area (Å²) in [5.74, 6) is -0.352. The number of methoxy groups -OCH3 is 1. The zero-order chi connectivity index (χ0) is 12.3. The van der Waals surface area contributed by atoms with Crippen molar-refractivity contribution in [3.8, 4) is 5.75 Å². The summed E-state index contributed by atoms with van der Waals surface area (Å²) in [6, 6.07) is 4.29. The van der Waals surface area contributed by atoms with Gasteiger partial charge in [0.05, 0.1) is 13.0 Å². The van der Waals surface area contributed by atoms with Gasteiger partial charge >= 0.3 is 0 Å². The van der Waals surface area contributed by atoms with E-state index in [1.807, 2.05) is 0 Å². The van der Waals surface area contributed by atoms with E-state index < -0.39 is 5.82 Å². The van der Waals surface area contributed by atoms with Gasteiger partial charge in [-0.15, -0.1) is 0 Å². The molecule has 1 atom stereocenters. The summed E-state index contributed by atoms with van der Waals surface area (Å²) in [4.78, 5) is 11.8. The van der Waals surface area contributed by atoms with E-state index in [2.05, 4.69) is 10.6 Å². The molecule has 1 unspecified atom stereocenters. The van der Waals surface area contributed by atoms with Crippen molar-refractivity contribution in [3.63, 3.8) is 0 Å². The van der Waals surface area contributed by atoms with E-state index in [1.54, 1.807) is 0 Å². The number of halogens is 1.